The summed E-state index contributed by atoms with van der Waals surface area (Å²) in [6.07, 6.45) is 4.78. The van der Waals surface area contributed by atoms with Gasteiger partial charge in [-0.2, -0.15) is 0 Å². The lowest BCUT2D eigenvalue weighted by Crippen LogP contribution is -2.54. The molecule has 0 aliphatic carbocycles. The van der Waals surface area contributed by atoms with Gasteiger partial charge < -0.3 is 10.6 Å². The molecule has 1 saturated heterocycles. The molecule has 0 bridgehead atoms. The number of halogens is 1. The van der Waals surface area contributed by atoms with Gasteiger partial charge in [0, 0.05) is 37.9 Å². The first kappa shape index (κ1) is 21.6. The number of aromatic nitrogens is 1. The minimum atomic E-state index is -0.454. The van der Waals surface area contributed by atoms with E-state index in [-0.39, 0.29) is 35.8 Å². The Labute approximate surface area is 175 Å². The molecule has 1 aliphatic rings. The zero-order valence-electron chi connectivity index (χ0n) is 16.8. The summed E-state index contributed by atoms with van der Waals surface area (Å²) < 4.78 is 13.8. The van der Waals surface area contributed by atoms with Gasteiger partial charge in [-0.15, -0.1) is 0 Å². The molecule has 1 atom stereocenters. The third kappa shape index (κ3) is 5.70. The summed E-state index contributed by atoms with van der Waals surface area (Å²) in [5, 5.41) is 8.68. The highest BCUT2D eigenvalue weighted by atomic mass is 19.1. The van der Waals surface area contributed by atoms with Crippen LogP contribution >= 0.6 is 0 Å². The molecule has 5 N–H and O–H groups in total. The number of nitrogens with two attached hydrogens (primary N) is 2. The number of nitrogens with zero attached hydrogens (tertiary/aromatic N) is 2. The highest BCUT2D eigenvalue weighted by Crippen LogP contribution is 2.19. The van der Waals surface area contributed by atoms with Gasteiger partial charge in [0.1, 0.15) is 5.82 Å². The monoisotopic (exact) mass is 412 g/mol. The zero-order chi connectivity index (χ0) is 21.5. The Morgan fingerprint density at radius 2 is 1.97 bits per heavy atom. The average Bonchev–Trinajstić information content (AvgIpc) is 2.76. The molecule has 2 heterocycles. The Morgan fingerprint density at radius 3 is 2.63 bits per heavy atom. The maximum absolute atomic E-state index is 13.8. The van der Waals surface area contributed by atoms with E-state index in [0.717, 1.165) is 0 Å². The molecule has 1 fully saturated rings. The molecule has 30 heavy (non-hydrogen) atoms. The van der Waals surface area contributed by atoms with E-state index in [1.54, 1.807) is 47.6 Å². The van der Waals surface area contributed by atoms with Crippen molar-refractivity contribution in [2.45, 2.75) is 31.7 Å². The van der Waals surface area contributed by atoms with Crippen molar-refractivity contribution in [2.24, 2.45) is 11.7 Å². The smallest absolute Gasteiger partial charge is 0.310 e. The number of amides is 2. The van der Waals surface area contributed by atoms with Crippen molar-refractivity contribution in [3.63, 3.8) is 0 Å². The molecule has 1 aromatic carbocycles. The van der Waals surface area contributed by atoms with Crippen LogP contribution in [0.1, 0.15) is 30.4 Å². The number of likely N-dealkylation sites (tertiary alicyclic amines) is 1. The molecule has 0 unspecified atom stereocenters. The van der Waals surface area contributed by atoms with E-state index in [1.807, 2.05) is 0 Å². The molecule has 0 radical (unpaired) electrons. The van der Waals surface area contributed by atoms with Crippen LogP contribution in [-0.4, -0.2) is 46.7 Å². The number of hydrogen-bond donors (Lipinski definition) is 3. The maximum atomic E-state index is 13.8. The minimum absolute atomic E-state index is 0.0702. The number of piperidine rings is 1. The van der Waals surface area contributed by atoms with Crippen LogP contribution in [0.5, 0.6) is 0 Å². The summed E-state index contributed by atoms with van der Waals surface area (Å²) in [5.74, 6) is -0.476. The fourth-order valence-corrected chi connectivity index (χ4v) is 3.59. The predicted octanol–water partition coefficient (Wildman–Crippen LogP) is 0.0413. The molecule has 2 amide bonds. The molecule has 1 aromatic heterocycles. The summed E-state index contributed by atoms with van der Waals surface area (Å²) in [7, 11) is 0. The van der Waals surface area contributed by atoms with Gasteiger partial charge in [0.15, 0.2) is 0 Å². The number of carbonyl (C=O) groups is 2. The van der Waals surface area contributed by atoms with Gasteiger partial charge in [-0.05, 0) is 43.0 Å². The molecule has 8 heteroatoms. The number of carbonyl (C=O) groups excluding carboxylic acids is 2. The predicted molar refractivity (Wildman–Crippen MR) is 110 cm³/mol. The number of benzene rings is 1. The molecule has 0 saturated carbocycles. The molecule has 0 spiro atoms. The summed E-state index contributed by atoms with van der Waals surface area (Å²) >= 11 is 0. The Bertz CT molecular complexity index is 897. The van der Waals surface area contributed by atoms with E-state index in [1.165, 1.54) is 6.07 Å². The van der Waals surface area contributed by atoms with E-state index < -0.39 is 6.04 Å². The van der Waals surface area contributed by atoms with E-state index in [4.69, 9.17) is 11.1 Å². The summed E-state index contributed by atoms with van der Waals surface area (Å²) in [6.45, 7) is 0.965. The molecule has 7 nitrogen and oxygen atoms in total. The molecule has 1 aliphatic heterocycles. The fraction of sp³-hybridized carbons (Fsp3) is 0.364. The van der Waals surface area contributed by atoms with Crippen LogP contribution in [0.15, 0.2) is 48.8 Å². The van der Waals surface area contributed by atoms with Gasteiger partial charge in [0.2, 0.25) is 5.91 Å². The third-order valence-corrected chi connectivity index (χ3v) is 5.33. The van der Waals surface area contributed by atoms with Gasteiger partial charge in [0.05, 0.1) is 11.5 Å². The number of rotatable bonds is 6. The van der Waals surface area contributed by atoms with Crippen molar-refractivity contribution in [3.8, 4) is 0 Å². The standard InChI is InChI=1S/C22H26FN5O2/c23-19-6-2-1-4-16(19)12-18(24)13-20(29)28-10-7-15(8-11-28)22(30)27-21(25)17-5-3-9-26-14-17/h1-6,9,14-15,18H,7-8,10-13,24H2,(H2,25,27,30)/p+1/t18-/m1/s1. The highest BCUT2D eigenvalue weighted by Gasteiger charge is 2.31. The van der Waals surface area contributed by atoms with Crippen LogP contribution in [0, 0.1) is 11.7 Å². The van der Waals surface area contributed by atoms with Crippen LogP contribution in [0.3, 0.4) is 0 Å². The largest absolute Gasteiger partial charge is 0.343 e. The normalized spacial score (nSPS) is 15.5. The second-order valence-corrected chi connectivity index (χ2v) is 7.56. The maximum Gasteiger partial charge on any atom is 0.310 e. The molecule has 158 valence electrons. The first-order valence-corrected chi connectivity index (χ1v) is 10.0. The Morgan fingerprint density at radius 1 is 1.23 bits per heavy atom. The van der Waals surface area contributed by atoms with E-state index >= 15 is 0 Å². The van der Waals surface area contributed by atoms with Crippen LogP contribution < -0.4 is 16.5 Å². The average molecular weight is 412 g/mol. The van der Waals surface area contributed by atoms with Crippen LogP contribution in [0.4, 0.5) is 4.39 Å². The molecule has 3 rings (SSSR count). The van der Waals surface area contributed by atoms with E-state index in [9.17, 15) is 14.0 Å². The lowest BCUT2D eigenvalue weighted by molar-refractivity contribution is -0.137. The van der Waals surface area contributed by atoms with Crippen molar-refractivity contribution in [2.75, 3.05) is 13.1 Å². The molecular weight excluding hydrogens is 385 g/mol. The third-order valence-electron chi connectivity index (χ3n) is 5.33. The van der Waals surface area contributed by atoms with Crippen LogP contribution in [0.2, 0.25) is 0 Å². The van der Waals surface area contributed by atoms with Crippen molar-refractivity contribution >= 4 is 17.6 Å². The van der Waals surface area contributed by atoms with Gasteiger partial charge in [-0.3, -0.25) is 15.2 Å². The minimum Gasteiger partial charge on any atom is -0.343 e. The van der Waals surface area contributed by atoms with Crippen molar-refractivity contribution in [1.29, 1.82) is 0 Å². The highest BCUT2D eigenvalue weighted by molar-refractivity contribution is 6.04. The quantitative estimate of drug-likeness (QED) is 0.459. The lowest BCUT2D eigenvalue weighted by atomic mass is 9.95. The number of pyridine rings is 1. The Balaban J connectivity index is 1.44. The van der Waals surface area contributed by atoms with Crippen molar-refractivity contribution in [1.82, 2.24) is 15.2 Å². The Kier molecular flexibility index (Phi) is 7.24. The molecule has 2 aromatic rings. The van der Waals surface area contributed by atoms with Crippen LogP contribution in [0.25, 0.3) is 0 Å². The van der Waals surface area contributed by atoms with Crippen molar-refractivity contribution in [3.05, 3.63) is 65.7 Å². The Hall–Kier alpha value is -3.13. The summed E-state index contributed by atoms with van der Waals surface area (Å²) in [6, 6.07) is 9.50. The number of hydrogen-bond acceptors (Lipinski definition) is 4. The molecular formula is C22H27FN5O2+. The van der Waals surface area contributed by atoms with Gasteiger partial charge >= 0.3 is 5.91 Å². The number of nitrogens with one attached hydrogen (secondary N) is 1. The van der Waals surface area contributed by atoms with E-state index in [2.05, 4.69) is 10.3 Å². The first-order valence-electron chi connectivity index (χ1n) is 10.0. The SMILES string of the molecule is N[C@@H](CC(=O)N1CCC(C(=O)NC(=[NH2+])c2cccnc2)CC1)Cc1ccccc1F. The topological polar surface area (TPSA) is 114 Å². The lowest BCUT2D eigenvalue weighted by Gasteiger charge is -2.31. The van der Waals surface area contributed by atoms with Gasteiger partial charge in [-0.25, -0.2) is 14.5 Å². The zero-order valence-corrected chi connectivity index (χ0v) is 16.8. The first-order chi connectivity index (χ1) is 14.4. The second-order valence-electron chi connectivity index (χ2n) is 7.56. The van der Waals surface area contributed by atoms with Crippen molar-refractivity contribution < 1.29 is 19.4 Å². The summed E-state index contributed by atoms with van der Waals surface area (Å²) in [5.41, 5.74) is 7.23. The van der Waals surface area contributed by atoms with E-state index in [0.29, 0.717) is 43.5 Å². The van der Waals surface area contributed by atoms with Gasteiger partial charge in [-0.1, -0.05) is 18.2 Å². The van der Waals surface area contributed by atoms with Crippen LogP contribution in [-0.2, 0) is 16.0 Å². The fourth-order valence-electron chi connectivity index (χ4n) is 3.59. The summed E-state index contributed by atoms with van der Waals surface area (Å²) in [4.78, 5) is 30.7. The second kappa shape index (κ2) is 10.1. The van der Waals surface area contributed by atoms with Gasteiger partial charge in [0.25, 0.3) is 5.84 Å². The number of amidine groups is 1.